The van der Waals surface area contributed by atoms with E-state index in [0.29, 0.717) is 13.0 Å². The second-order valence-corrected chi connectivity index (χ2v) is 7.34. The maximum absolute atomic E-state index is 12.2. The van der Waals surface area contributed by atoms with Crippen molar-refractivity contribution >= 4 is 16.2 Å². The summed E-state index contributed by atoms with van der Waals surface area (Å²) in [4.78, 5) is 10.8. The Labute approximate surface area is 109 Å². The van der Waals surface area contributed by atoms with Crippen LogP contribution in [0.1, 0.15) is 46.5 Å². The van der Waals surface area contributed by atoms with Gasteiger partial charge in [-0.1, -0.05) is 6.42 Å². The van der Waals surface area contributed by atoms with Gasteiger partial charge in [-0.25, -0.2) is 0 Å². The van der Waals surface area contributed by atoms with Gasteiger partial charge in [0.25, 0.3) is 10.2 Å². The Kier molecular flexibility index (Phi) is 4.74. The van der Waals surface area contributed by atoms with E-state index in [-0.39, 0.29) is 6.42 Å². The lowest BCUT2D eigenvalue weighted by atomic mass is 10.0. The first-order valence-corrected chi connectivity index (χ1v) is 7.58. The monoisotopic (exact) mass is 278 g/mol. The van der Waals surface area contributed by atoms with Gasteiger partial charge in [-0.15, -0.1) is 0 Å². The third-order valence-corrected chi connectivity index (χ3v) is 4.70. The highest BCUT2D eigenvalue weighted by Gasteiger charge is 2.35. The van der Waals surface area contributed by atoms with Crippen molar-refractivity contribution in [3.63, 3.8) is 0 Å². The summed E-state index contributed by atoms with van der Waals surface area (Å²) in [5, 5.41) is 8.84. The van der Waals surface area contributed by atoms with E-state index in [1.54, 1.807) is 20.8 Å². The Morgan fingerprint density at radius 3 is 2.50 bits per heavy atom. The van der Waals surface area contributed by atoms with Crippen molar-refractivity contribution in [3.8, 4) is 0 Å². The molecule has 0 aromatic carbocycles. The second kappa shape index (κ2) is 5.54. The molecule has 7 heteroatoms. The predicted molar refractivity (Wildman–Crippen MR) is 68.4 cm³/mol. The molecule has 0 amide bonds. The molecular formula is C11H22N2O4S. The lowest BCUT2D eigenvalue weighted by Crippen LogP contribution is -2.54. The minimum Gasteiger partial charge on any atom is -0.481 e. The largest absolute Gasteiger partial charge is 0.481 e. The molecule has 0 spiro atoms. The van der Waals surface area contributed by atoms with Gasteiger partial charge in [-0.05, 0) is 33.6 Å². The van der Waals surface area contributed by atoms with Crippen LogP contribution < -0.4 is 4.72 Å². The molecule has 0 bridgehead atoms. The standard InChI is InChI=1S/C11H22N2O4S/c1-11(2,3)12-18(16,17)13-7-5-4-6-9(13)8-10(14)15/h9,12H,4-8H2,1-3H3,(H,14,15). The molecule has 18 heavy (non-hydrogen) atoms. The molecule has 1 rings (SSSR count). The number of aliphatic carboxylic acids is 1. The molecule has 0 aromatic heterocycles. The SMILES string of the molecule is CC(C)(C)NS(=O)(=O)N1CCCCC1CC(=O)O. The van der Waals surface area contributed by atoms with Gasteiger partial charge >= 0.3 is 5.97 Å². The molecule has 1 heterocycles. The Balaban J connectivity index is 2.85. The Hall–Kier alpha value is -0.660. The van der Waals surface area contributed by atoms with Crippen LogP contribution in [0.2, 0.25) is 0 Å². The van der Waals surface area contributed by atoms with Crippen molar-refractivity contribution in [2.24, 2.45) is 0 Å². The highest BCUT2D eigenvalue weighted by molar-refractivity contribution is 7.87. The molecule has 1 fully saturated rings. The van der Waals surface area contributed by atoms with Crippen LogP contribution in [0.25, 0.3) is 0 Å². The molecular weight excluding hydrogens is 256 g/mol. The van der Waals surface area contributed by atoms with Gasteiger partial charge in [0.1, 0.15) is 0 Å². The number of carboxylic acid groups (broad SMARTS) is 1. The molecule has 106 valence electrons. The van der Waals surface area contributed by atoms with E-state index in [2.05, 4.69) is 4.72 Å². The average molecular weight is 278 g/mol. The van der Waals surface area contributed by atoms with Crippen LogP contribution >= 0.6 is 0 Å². The summed E-state index contributed by atoms with van der Waals surface area (Å²) >= 11 is 0. The van der Waals surface area contributed by atoms with Crippen LogP contribution in [-0.4, -0.2) is 41.9 Å². The second-order valence-electron chi connectivity index (χ2n) is 5.72. The van der Waals surface area contributed by atoms with E-state index in [1.165, 1.54) is 4.31 Å². The van der Waals surface area contributed by atoms with Crippen molar-refractivity contribution in [2.45, 2.75) is 58.0 Å². The molecule has 0 aliphatic carbocycles. The smallest absolute Gasteiger partial charge is 0.304 e. The number of nitrogens with zero attached hydrogens (tertiary/aromatic N) is 1. The Bertz CT molecular complexity index is 400. The zero-order valence-corrected chi connectivity index (χ0v) is 12.0. The van der Waals surface area contributed by atoms with E-state index >= 15 is 0 Å². The molecule has 1 aliphatic rings. The third-order valence-electron chi connectivity index (χ3n) is 2.73. The molecule has 6 nitrogen and oxygen atoms in total. The number of piperidine rings is 1. The summed E-state index contributed by atoms with van der Waals surface area (Å²) in [7, 11) is -3.62. The summed E-state index contributed by atoms with van der Waals surface area (Å²) in [6.45, 7) is 5.69. The van der Waals surface area contributed by atoms with Crippen molar-refractivity contribution in [1.29, 1.82) is 0 Å². The van der Waals surface area contributed by atoms with Gasteiger partial charge in [0.2, 0.25) is 0 Å². The van der Waals surface area contributed by atoms with Crippen LogP contribution in [0.15, 0.2) is 0 Å². The summed E-state index contributed by atoms with van der Waals surface area (Å²) < 4.78 is 28.3. The normalized spacial score (nSPS) is 22.9. The third kappa shape index (κ3) is 4.55. The maximum atomic E-state index is 12.2. The summed E-state index contributed by atoms with van der Waals surface area (Å²) in [6.07, 6.45) is 2.13. The fraction of sp³-hybridized carbons (Fsp3) is 0.909. The highest BCUT2D eigenvalue weighted by atomic mass is 32.2. The van der Waals surface area contributed by atoms with Gasteiger partial charge in [-0.2, -0.15) is 17.4 Å². The van der Waals surface area contributed by atoms with Crippen LogP contribution in [0.5, 0.6) is 0 Å². The van der Waals surface area contributed by atoms with Crippen molar-refractivity contribution in [2.75, 3.05) is 6.54 Å². The lowest BCUT2D eigenvalue weighted by Gasteiger charge is -2.35. The summed E-state index contributed by atoms with van der Waals surface area (Å²) in [5.41, 5.74) is -0.565. The quantitative estimate of drug-likeness (QED) is 0.801. The van der Waals surface area contributed by atoms with Gasteiger partial charge in [-0.3, -0.25) is 4.79 Å². The molecule has 1 saturated heterocycles. The van der Waals surface area contributed by atoms with E-state index in [9.17, 15) is 13.2 Å². The first-order chi connectivity index (χ1) is 8.12. The molecule has 1 atom stereocenters. The molecule has 0 aromatic rings. The molecule has 0 radical (unpaired) electrons. The molecule has 2 N–H and O–H groups in total. The fourth-order valence-electron chi connectivity index (χ4n) is 2.14. The zero-order valence-electron chi connectivity index (χ0n) is 11.1. The van der Waals surface area contributed by atoms with E-state index < -0.39 is 27.8 Å². The van der Waals surface area contributed by atoms with E-state index in [4.69, 9.17) is 5.11 Å². The maximum Gasteiger partial charge on any atom is 0.304 e. The number of nitrogens with one attached hydrogen (secondary N) is 1. The zero-order chi connectivity index (χ0) is 14.0. The van der Waals surface area contributed by atoms with Crippen molar-refractivity contribution in [3.05, 3.63) is 0 Å². The van der Waals surface area contributed by atoms with Crippen LogP contribution in [-0.2, 0) is 15.0 Å². The van der Waals surface area contributed by atoms with Crippen LogP contribution in [0.4, 0.5) is 0 Å². The highest BCUT2D eigenvalue weighted by Crippen LogP contribution is 2.23. The van der Waals surface area contributed by atoms with Gasteiger partial charge in [0.05, 0.1) is 6.42 Å². The number of hydrogen-bond donors (Lipinski definition) is 2. The minimum absolute atomic E-state index is 0.134. The van der Waals surface area contributed by atoms with E-state index in [1.807, 2.05) is 0 Å². The van der Waals surface area contributed by atoms with Gasteiger partial charge in [0.15, 0.2) is 0 Å². The number of rotatable bonds is 4. The average Bonchev–Trinajstić information content (AvgIpc) is 2.13. The molecule has 0 saturated carbocycles. The molecule has 1 aliphatic heterocycles. The molecule has 1 unspecified atom stereocenters. The predicted octanol–water partition coefficient (Wildman–Crippen LogP) is 0.948. The first kappa shape index (κ1) is 15.4. The van der Waals surface area contributed by atoms with Crippen molar-refractivity contribution < 1.29 is 18.3 Å². The van der Waals surface area contributed by atoms with Crippen molar-refractivity contribution in [1.82, 2.24) is 9.03 Å². The number of carboxylic acids is 1. The summed E-state index contributed by atoms with van der Waals surface area (Å²) in [6, 6.07) is -0.434. The van der Waals surface area contributed by atoms with Crippen LogP contribution in [0, 0.1) is 0 Å². The Morgan fingerprint density at radius 2 is 2.00 bits per heavy atom. The van der Waals surface area contributed by atoms with Crippen LogP contribution in [0.3, 0.4) is 0 Å². The first-order valence-electron chi connectivity index (χ1n) is 6.14. The van der Waals surface area contributed by atoms with Gasteiger partial charge < -0.3 is 5.11 Å². The fourth-order valence-corrected chi connectivity index (χ4v) is 3.97. The van der Waals surface area contributed by atoms with Gasteiger partial charge in [0, 0.05) is 18.1 Å². The number of hydrogen-bond acceptors (Lipinski definition) is 3. The Morgan fingerprint density at radius 1 is 1.39 bits per heavy atom. The van der Waals surface area contributed by atoms with E-state index in [0.717, 1.165) is 12.8 Å². The lowest BCUT2D eigenvalue weighted by molar-refractivity contribution is -0.138. The summed E-state index contributed by atoms with van der Waals surface area (Å²) in [5.74, 6) is -0.960. The number of carbonyl (C=O) groups is 1. The topological polar surface area (TPSA) is 86.7 Å². The minimum atomic E-state index is -3.62.